The average Bonchev–Trinajstić information content (AvgIpc) is 2.57. The quantitative estimate of drug-likeness (QED) is 0.471. The summed E-state index contributed by atoms with van der Waals surface area (Å²) < 4.78 is 44.6. The van der Waals surface area contributed by atoms with Gasteiger partial charge in [-0.2, -0.15) is 18.3 Å². The van der Waals surface area contributed by atoms with E-state index in [-0.39, 0.29) is 12.4 Å². The van der Waals surface area contributed by atoms with Crippen molar-refractivity contribution in [3.05, 3.63) is 12.3 Å². The van der Waals surface area contributed by atoms with Crippen LogP contribution in [-0.4, -0.2) is 35.3 Å². The number of nitrogens with two attached hydrogens (primary N) is 1. The van der Waals surface area contributed by atoms with Crippen LogP contribution < -0.4 is 5.73 Å². The number of esters is 1. The predicted octanol–water partition coefficient (Wildman–Crippen LogP) is 0.545. The number of ether oxygens (including phenoxy) is 2. The Labute approximate surface area is 94.1 Å². The highest BCUT2D eigenvalue weighted by Crippen LogP contribution is 2.14. The maximum atomic E-state index is 11.6. The van der Waals surface area contributed by atoms with Gasteiger partial charge in [0.1, 0.15) is 19.0 Å². The third-order valence-electron chi connectivity index (χ3n) is 1.52. The lowest BCUT2D eigenvalue weighted by Gasteiger charge is -2.08. The summed E-state index contributed by atoms with van der Waals surface area (Å²) in [5.74, 6) is -0.540. The van der Waals surface area contributed by atoms with E-state index in [1.54, 1.807) is 0 Å². The summed E-state index contributed by atoms with van der Waals surface area (Å²) in [6.07, 6.45) is -3.00. The smallest absolute Gasteiger partial charge is 0.411 e. The molecule has 0 aromatic carbocycles. The third kappa shape index (κ3) is 5.76. The lowest BCUT2D eigenvalue weighted by molar-refractivity contribution is -0.200. The van der Waals surface area contributed by atoms with E-state index < -0.39 is 25.5 Å². The van der Waals surface area contributed by atoms with Gasteiger partial charge < -0.3 is 15.2 Å². The molecule has 0 unspecified atom stereocenters. The number of nitrogen functional groups attached to an aromatic ring is 1. The molecule has 0 atom stereocenters. The van der Waals surface area contributed by atoms with Gasteiger partial charge in [0, 0.05) is 6.20 Å². The number of anilines is 1. The van der Waals surface area contributed by atoms with E-state index in [1.807, 2.05) is 0 Å². The number of halogens is 3. The van der Waals surface area contributed by atoms with E-state index in [1.165, 1.54) is 16.9 Å². The van der Waals surface area contributed by atoms with Gasteiger partial charge in [0.15, 0.2) is 6.79 Å². The molecule has 0 aliphatic heterocycles. The maximum Gasteiger partial charge on any atom is 0.411 e. The normalized spacial score (nSPS) is 11.5. The zero-order valence-electron chi connectivity index (χ0n) is 8.61. The Morgan fingerprint density at radius 1 is 1.53 bits per heavy atom. The molecular formula is C8H10F3N3O3. The Balaban J connectivity index is 2.18. The molecule has 17 heavy (non-hydrogen) atoms. The highest BCUT2D eigenvalue weighted by molar-refractivity contribution is 5.68. The molecule has 0 spiro atoms. The second-order valence-corrected chi connectivity index (χ2v) is 3.04. The van der Waals surface area contributed by atoms with Gasteiger partial charge in [0.2, 0.25) is 0 Å². The highest BCUT2D eigenvalue weighted by Gasteiger charge is 2.27. The molecule has 1 rings (SSSR count). The van der Waals surface area contributed by atoms with Crippen molar-refractivity contribution < 1.29 is 27.4 Å². The van der Waals surface area contributed by atoms with Gasteiger partial charge in [-0.05, 0) is 6.07 Å². The van der Waals surface area contributed by atoms with Gasteiger partial charge in [-0.3, -0.25) is 4.68 Å². The van der Waals surface area contributed by atoms with Crippen LogP contribution in [0.4, 0.5) is 19.0 Å². The van der Waals surface area contributed by atoms with Gasteiger partial charge in [0.05, 0.1) is 0 Å². The van der Waals surface area contributed by atoms with Crippen LogP contribution >= 0.6 is 0 Å². The minimum atomic E-state index is -4.44. The number of hydrogen-bond acceptors (Lipinski definition) is 5. The summed E-state index contributed by atoms with van der Waals surface area (Å²) in [4.78, 5) is 11.1. The molecule has 0 aliphatic rings. The van der Waals surface area contributed by atoms with Crippen molar-refractivity contribution in [2.45, 2.75) is 12.7 Å². The first kappa shape index (κ1) is 13.3. The van der Waals surface area contributed by atoms with Crippen LogP contribution in [0.5, 0.6) is 0 Å². The third-order valence-corrected chi connectivity index (χ3v) is 1.52. The van der Waals surface area contributed by atoms with E-state index in [9.17, 15) is 18.0 Å². The molecule has 9 heteroatoms. The first-order valence-electron chi connectivity index (χ1n) is 4.46. The van der Waals surface area contributed by atoms with Gasteiger partial charge in [-0.15, -0.1) is 0 Å². The average molecular weight is 253 g/mol. The molecule has 0 radical (unpaired) electrons. The van der Waals surface area contributed by atoms with Gasteiger partial charge in [-0.25, -0.2) is 4.79 Å². The number of alkyl halides is 3. The van der Waals surface area contributed by atoms with Crippen LogP contribution in [0.1, 0.15) is 0 Å². The summed E-state index contributed by atoms with van der Waals surface area (Å²) in [5.41, 5.74) is 5.29. The summed E-state index contributed by atoms with van der Waals surface area (Å²) in [6.45, 7) is -2.46. The molecule has 0 saturated carbocycles. The largest absolute Gasteiger partial charge is 0.437 e. The Bertz CT molecular complexity index is 378. The second-order valence-electron chi connectivity index (χ2n) is 3.04. The molecule has 0 amide bonds. The highest BCUT2D eigenvalue weighted by atomic mass is 19.4. The fraction of sp³-hybridized carbons (Fsp3) is 0.500. The molecule has 2 N–H and O–H groups in total. The molecule has 1 aromatic rings. The zero-order chi connectivity index (χ0) is 12.9. The van der Waals surface area contributed by atoms with Crippen LogP contribution in [0.3, 0.4) is 0 Å². The first-order chi connectivity index (χ1) is 7.87. The van der Waals surface area contributed by atoms with Crippen LogP contribution in [0.25, 0.3) is 0 Å². The summed E-state index contributed by atoms with van der Waals surface area (Å²) in [5, 5.41) is 3.69. The fourth-order valence-corrected chi connectivity index (χ4v) is 0.908. The standard InChI is InChI=1S/C8H10F3N3O3/c9-8(10,11)4-16-5-17-7(15)3-14-2-1-6(12)13-14/h1-2H,3-5H2,(H2,12,13). The first-order valence-corrected chi connectivity index (χ1v) is 4.46. The summed E-state index contributed by atoms with van der Waals surface area (Å²) in [7, 11) is 0. The van der Waals surface area contributed by atoms with E-state index in [4.69, 9.17) is 5.73 Å². The van der Waals surface area contributed by atoms with Crippen molar-refractivity contribution in [1.29, 1.82) is 0 Å². The Hall–Kier alpha value is -1.77. The van der Waals surface area contributed by atoms with Crippen molar-refractivity contribution in [2.24, 2.45) is 0 Å². The number of nitrogens with zero attached hydrogens (tertiary/aromatic N) is 2. The zero-order valence-corrected chi connectivity index (χ0v) is 8.61. The van der Waals surface area contributed by atoms with E-state index in [0.29, 0.717) is 0 Å². The van der Waals surface area contributed by atoms with Crippen LogP contribution in [0.15, 0.2) is 12.3 Å². The van der Waals surface area contributed by atoms with Crippen molar-refractivity contribution in [3.8, 4) is 0 Å². The number of carbonyl (C=O) groups is 1. The molecule has 96 valence electrons. The number of rotatable bonds is 5. The molecule has 0 bridgehead atoms. The second kappa shape index (κ2) is 5.53. The molecule has 0 saturated heterocycles. The van der Waals surface area contributed by atoms with Gasteiger partial charge >= 0.3 is 12.1 Å². The summed E-state index contributed by atoms with van der Waals surface area (Å²) >= 11 is 0. The molecule has 0 aliphatic carbocycles. The molecule has 6 nitrogen and oxygen atoms in total. The lowest BCUT2D eigenvalue weighted by Crippen LogP contribution is -2.21. The lowest BCUT2D eigenvalue weighted by atomic mass is 10.6. The van der Waals surface area contributed by atoms with Crippen LogP contribution in [0.2, 0.25) is 0 Å². The molecule has 0 fully saturated rings. The number of aromatic nitrogens is 2. The van der Waals surface area contributed by atoms with Gasteiger partial charge in [0.25, 0.3) is 0 Å². The maximum absolute atomic E-state index is 11.6. The van der Waals surface area contributed by atoms with Crippen LogP contribution in [-0.2, 0) is 20.8 Å². The van der Waals surface area contributed by atoms with Crippen molar-refractivity contribution in [3.63, 3.8) is 0 Å². The Morgan fingerprint density at radius 3 is 2.76 bits per heavy atom. The predicted molar refractivity (Wildman–Crippen MR) is 49.6 cm³/mol. The Morgan fingerprint density at radius 2 is 2.24 bits per heavy atom. The monoisotopic (exact) mass is 253 g/mol. The van der Waals surface area contributed by atoms with Crippen LogP contribution in [0, 0.1) is 0 Å². The van der Waals surface area contributed by atoms with Crippen molar-refractivity contribution >= 4 is 11.8 Å². The minimum Gasteiger partial charge on any atom is -0.437 e. The van der Waals surface area contributed by atoms with E-state index >= 15 is 0 Å². The minimum absolute atomic E-state index is 0.228. The molecule has 1 heterocycles. The number of hydrogen-bond donors (Lipinski definition) is 1. The van der Waals surface area contributed by atoms with Crippen molar-refractivity contribution in [2.75, 3.05) is 19.1 Å². The molecule has 1 aromatic heterocycles. The number of carbonyl (C=O) groups excluding carboxylic acids is 1. The molecular weight excluding hydrogens is 243 g/mol. The fourth-order valence-electron chi connectivity index (χ4n) is 0.908. The van der Waals surface area contributed by atoms with Gasteiger partial charge in [-0.1, -0.05) is 0 Å². The van der Waals surface area contributed by atoms with E-state index in [0.717, 1.165) is 0 Å². The Kier molecular flexibility index (Phi) is 4.32. The van der Waals surface area contributed by atoms with Crippen molar-refractivity contribution in [1.82, 2.24) is 9.78 Å². The van der Waals surface area contributed by atoms with E-state index in [2.05, 4.69) is 14.6 Å². The SMILES string of the molecule is Nc1ccn(CC(=O)OCOCC(F)(F)F)n1. The topological polar surface area (TPSA) is 79.4 Å². The summed E-state index contributed by atoms with van der Waals surface area (Å²) in [6, 6.07) is 1.47.